The van der Waals surface area contributed by atoms with Crippen molar-refractivity contribution in [1.82, 2.24) is 0 Å². The second-order valence-corrected chi connectivity index (χ2v) is 7.57. The highest BCUT2D eigenvalue weighted by atomic mass is 16.3. The molecule has 17 heavy (non-hydrogen) atoms. The van der Waals surface area contributed by atoms with Crippen LogP contribution in [0.15, 0.2) is 4.42 Å². The van der Waals surface area contributed by atoms with Crippen LogP contribution >= 0.6 is 0 Å². The lowest BCUT2D eigenvalue weighted by Crippen LogP contribution is -2.20. The Morgan fingerprint density at radius 2 is 1.94 bits per heavy atom. The van der Waals surface area contributed by atoms with Crippen LogP contribution < -0.4 is 0 Å². The largest absolute Gasteiger partial charge is 0.465 e. The summed E-state index contributed by atoms with van der Waals surface area (Å²) in [4.78, 5) is 0. The smallest absolute Gasteiger partial charge is 0.113 e. The van der Waals surface area contributed by atoms with Crippen molar-refractivity contribution >= 4 is 0 Å². The molecule has 3 rings (SSSR count). The maximum Gasteiger partial charge on any atom is 0.113 e. The normalized spacial score (nSPS) is 26.1. The third-order valence-electron chi connectivity index (χ3n) is 4.50. The molecule has 0 saturated heterocycles. The summed E-state index contributed by atoms with van der Waals surface area (Å²) >= 11 is 0. The van der Waals surface area contributed by atoms with Crippen LogP contribution in [0.3, 0.4) is 0 Å². The van der Waals surface area contributed by atoms with Crippen molar-refractivity contribution < 1.29 is 4.42 Å². The van der Waals surface area contributed by atoms with Gasteiger partial charge in [0.05, 0.1) is 0 Å². The number of aryl methyl sites for hydroxylation is 1. The summed E-state index contributed by atoms with van der Waals surface area (Å²) in [6.45, 7) is 11.6. The highest BCUT2D eigenvalue weighted by molar-refractivity contribution is 5.49. The van der Waals surface area contributed by atoms with Gasteiger partial charge in [0.1, 0.15) is 11.5 Å². The van der Waals surface area contributed by atoms with Gasteiger partial charge in [-0.2, -0.15) is 0 Å². The topological polar surface area (TPSA) is 13.1 Å². The number of furan rings is 1. The summed E-state index contributed by atoms with van der Waals surface area (Å²) in [5, 5.41) is 0. The van der Waals surface area contributed by atoms with E-state index >= 15 is 0 Å². The molecule has 0 N–H and O–H groups in total. The molecule has 0 spiro atoms. The molecule has 0 fully saturated rings. The van der Waals surface area contributed by atoms with E-state index in [-0.39, 0.29) is 5.41 Å². The van der Waals surface area contributed by atoms with Crippen LogP contribution in [0.4, 0.5) is 0 Å². The summed E-state index contributed by atoms with van der Waals surface area (Å²) in [6, 6.07) is 0. The van der Waals surface area contributed by atoms with Gasteiger partial charge in [-0.05, 0) is 30.6 Å². The quantitative estimate of drug-likeness (QED) is 0.633. The molecule has 0 saturated carbocycles. The zero-order chi connectivity index (χ0) is 12.4. The molecule has 2 aliphatic rings. The Kier molecular flexibility index (Phi) is 2.13. The lowest BCUT2D eigenvalue weighted by molar-refractivity contribution is 0.336. The predicted molar refractivity (Wildman–Crippen MR) is 70.7 cm³/mol. The molecular formula is C16H24O. The summed E-state index contributed by atoms with van der Waals surface area (Å²) in [7, 11) is 0. The Balaban J connectivity index is 2.26. The molecule has 0 amide bonds. The molecule has 0 aliphatic heterocycles. The van der Waals surface area contributed by atoms with Crippen LogP contribution in [0.2, 0.25) is 0 Å². The van der Waals surface area contributed by atoms with Gasteiger partial charge in [0.15, 0.2) is 0 Å². The lowest BCUT2D eigenvalue weighted by atomic mass is 9.80. The molecule has 1 atom stereocenters. The van der Waals surface area contributed by atoms with Gasteiger partial charge in [-0.1, -0.05) is 34.6 Å². The second-order valence-electron chi connectivity index (χ2n) is 7.57. The highest BCUT2D eigenvalue weighted by Gasteiger charge is 2.46. The Bertz CT molecular complexity index is 457. The third-order valence-corrected chi connectivity index (χ3v) is 4.50. The van der Waals surface area contributed by atoms with E-state index in [4.69, 9.17) is 4.42 Å². The first-order chi connectivity index (χ1) is 7.81. The Hall–Kier alpha value is -0.720. The number of hydrogen-bond acceptors (Lipinski definition) is 1. The SMILES string of the molecule is CC(C)(C)c1oc2c3c1C(C)(C)CC3CCC2. The maximum absolute atomic E-state index is 6.26. The highest BCUT2D eigenvalue weighted by Crippen LogP contribution is 2.55. The third kappa shape index (κ3) is 1.51. The van der Waals surface area contributed by atoms with Gasteiger partial charge in [0, 0.05) is 23.0 Å². The van der Waals surface area contributed by atoms with E-state index in [1.54, 1.807) is 11.1 Å². The molecule has 1 aromatic heterocycles. The van der Waals surface area contributed by atoms with Gasteiger partial charge in [-0.25, -0.2) is 0 Å². The molecule has 1 nitrogen and oxygen atoms in total. The van der Waals surface area contributed by atoms with E-state index in [2.05, 4.69) is 34.6 Å². The molecule has 0 aromatic carbocycles. The van der Waals surface area contributed by atoms with E-state index in [1.165, 1.54) is 30.8 Å². The van der Waals surface area contributed by atoms with Gasteiger partial charge in [0.2, 0.25) is 0 Å². The van der Waals surface area contributed by atoms with Gasteiger partial charge >= 0.3 is 0 Å². The average Bonchev–Trinajstić information content (AvgIpc) is 2.67. The van der Waals surface area contributed by atoms with Gasteiger partial charge < -0.3 is 4.42 Å². The number of hydrogen-bond donors (Lipinski definition) is 0. The van der Waals surface area contributed by atoms with Crippen LogP contribution in [-0.4, -0.2) is 0 Å². The summed E-state index contributed by atoms with van der Waals surface area (Å²) in [5.74, 6) is 3.35. The van der Waals surface area contributed by atoms with Crippen molar-refractivity contribution in [3.8, 4) is 0 Å². The van der Waals surface area contributed by atoms with Crippen molar-refractivity contribution in [2.75, 3.05) is 0 Å². The second kappa shape index (κ2) is 3.18. The first kappa shape index (κ1) is 11.4. The first-order valence-corrected chi connectivity index (χ1v) is 6.97. The van der Waals surface area contributed by atoms with Crippen LogP contribution in [0, 0.1) is 0 Å². The molecule has 1 unspecified atom stereocenters. The fourth-order valence-electron chi connectivity index (χ4n) is 3.88. The zero-order valence-corrected chi connectivity index (χ0v) is 11.8. The minimum atomic E-state index is 0.138. The maximum atomic E-state index is 6.26. The Morgan fingerprint density at radius 1 is 1.24 bits per heavy atom. The zero-order valence-electron chi connectivity index (χ0n) is 11.8. The Labute approximate surface area is 105 Å². The molecule has 94 valence electrons. The van der Waals surface area contributed by atoms with Gasteiger partial charge in [-0.3, -0.25) is 0 Å². The van der Waals surface area contributed by atoms with Gasteiger partial charge in [-0.15, -0.1) is 0 Å². The number of rotatable bonds is 0. The molecule has 1 heterocycles. The molecule has 1 heteroatoms. The fraction of sp³-hybridized carbons (Fsp3) is 0.750. The van der Waals surface area contributed by atoms with E-state index in [9.17, 15) is 0 Å². The minimum absolute atomic E-state index is 0.138. The summed E-state index contributed by atoms with van der Waals surface area (Å²) < 4.78 is 6.26. The molecule has 1 aromatic rings. The van der Waals surface area contributed by atoms with Crippen LogP contribution in [0.5, 0.6) is 0 Å². The van der Waals surface area contributed by atoms with Crippen molar-refractivity contribution in [3.63, 3.8) is 0 Å². The molecular weight excluding hydrogens is 208 g/mol. The predicted octanol–water partition coefficient (Wildman–Crippen LogP) is 4.68. The standard InChI is InChI=1S/C16H24O/c1-15(2,3)14-13-12-10(9-16(13,4)5)7-6-8-11(12)17-14/h10H,6-9H2,1-5H3. The lowest BCUT2D eigenvalue weighted by Gasteiger charge is -2.26. The van der Waals surface area contributed by atoms with Crippen molar-refractivity contribution in [1.29, 1.82) is 0 Å². The van der Waals surface area contributed by atoms with Crippen molar-refractivity contribution in [2.45, 2.75) is 77.0 Å². The van der Waals surface area contributed by atoms with Crippen LogP contribution in [0.25, 0.3) is 0 Å². The van der Waals surface area contributed by atoms with E-state index in [0.29, 0.717) is 5.41 Å². The van der Waals surface area contributed by atoms with Crippen molar-refractivity contribution in [2.24, 2.45) is 0 Å². The monoisotopic (exact) mass is 232 g/mol. The van der Waals surface area contributed by atoms with E-state index in [1.807, 2.05) is 0 Å². The van der Waals surface area contributed by atoms with E-state index in [0.717, 1.165) is 12.3 Å². The molecule has 0 radical (unpaired) electrons. The summed E-state index contributed by atoms with van der Waals surface area (Å²) in [5.41, 5.74) is 3.61. The van der Waals surface area contributed by atoms with Crippen LogP contribution in [-0.2, 0) is 17.3 Å². The molecule has 2 aliphatic carbocycles. The molecule has 0 bridgehead atoms. The Morgan fingerprint density at radius 3 is 2.59 bits per heavy atom. The minimum Gasteiger partial charge on any atom is -0.465 e. The average molecular weight is 232 g/mol. The fourth-order valence-corrected chi connectivity index (χ4v) is 3.88. The van der Waals surface area contributed by atoms with E-state index < -0.39 is 0 Å². The van der Waals surface area contributed by atoms with Gasteiger partial charge in [0.25, 0.3) is 0 Å². The summed E-state index contributed by atoms with van der Waals surface area (Å²) in [6.07, 6.45) is 5.16. The first-order valence-electron chi connectivity index (χ1n) is 6.97. The van der Waals surface area contributed by atoms with Crippen molar-refractivity contribution in [3.05, 3.63) is 22.6 Å². The van der Waals surface area contributed by atoms with Crippen LogP contribution in [0.1, 0.15) is 82.4 Å².